The Morgan fingerprint density at radius 3 is 0.925 bits per heavy atom. The second-order valence-electron chi connectivity index (χ2n) is 13.5. The van der Waals surface area contributed by atoms with Crippen LogP contribution < -0.4 is 9.05 Å². The normalized spacial score (nSPS) is 13.2. The van der Waals surface area contributed by atoms with Crippen LogP contribution in [0.4, 0.5) is 0 Å². The molecule has 0 spiro atoms. The molecule has 0 saturated carbocycles. The van der Waals surface area contributed by atoms with Crippen LogP contribution in [0, 0.1) is 0 Å². The first kappa shape index (κ1) is 32.2. The van der Waals surface area contributed by atoms with Crippen LogP contribution in [0.2, 0.25) is 0 Å². The van der Waals surface area contributed by atoms with E-state index in [1.54, 1.807) is 0 Å². The van der Waals surface area contributed by atoms with Crippen LogP contribution in [0.5, 0.6) is 0 Å². The maximum Gasteiger partial charge on any atom is 0.387 e. The molecule has 0 saturated heterocycles. The fourth-order valence-electron chi connectivity index (χ4n) is 7.63. The van der Waals surface area contributed by atoms with E-state index in [1.165, 1.54) is 0 Å². The third kappa shape index (κ3) is 5.76. The largest absolute Gasteiger partial charge is 0.399 e. The zero-order valence-corrected chi connectivity index (χ0v) is 30.9. The van der Waals surface area contributed by atoms with Gasteiger partial charge in [0.1, 0.15) is 22.3 Å². The lowest BCUT2D eigenvalue weighted by Gasteiger charge is -2.15. The van der Waals surface area contributed by atoms with Gasteiger partial charge in [-0.25, -0.2) is 0 Å². The van der Waals surface area contributed by atoms with E-state index in [1.807, 2.05) is 38.1 Å². The van der Waals surface area contributed by atoms with Crippen molar-refractivity contribution < 1.29 is 25.8 Å². The quantitative estimate of drug-likeness (QED) is 0.169. The molecule has 8 aromatic carbocycles. The molecule has 0 fully saturated rings. The van der Waals surface area contributed by atoms with Gasteiger partial charge in [0, 0.05) is 28.0 Å². The van der Waals surface area contributed by atoms with Gasteiger partial charge in [-0.3, -0.25) is 9.05 Å². The Morgan fingerprint density at radius 1 is 0.377 bits per heavy atom. The minimum absolute atomic E-state index is 0.267. The van der Waals surface area contributed by atoms with Crippen molar-refractivity contribution in [2.45, 2.75) is 32.5 Å². The summed E-state index contributed by atoms with van der Waals surface area (Å²) in [4.78, 5) is 0. The Balaban J connectivity index is 1.03. The van der Waals surface area contributed by atoms with Crippen molar-refractivity contribution >= 4 is 103 Å². The van der Waals surface area contributed by atoms with Gasteiger partial charge in [0.05, 0.1) is 12.2 Å². The van der Waals surface area contributed by atoms with E-state index < -0.39 is 16.5 Å². The fourth-order valence-corrected chi connectivity index (χ4v) is 9.89. The van der Waals surface area contributed by atoms with Crippen molar-refractivity contribution in [3.8, 4) is 0 Å². The summed E-state index contributed by atoms with van der Waals surface area (Å²) in [6.45, 7) is 4.04. The summed E-state index contributed by atoms with van der Waals surface area (Å²) in [5, 5.41) is 13.0. The molecule has 10 rings (SSSR count). The first-order valence-electron chi connectivity index (χ1n) is 17.8. The maximum atomic E-state index is 6.60. The highest BCUT2D eigenvalue weighted by molar-refractivity contribution is 7.32. The average Bonchev–Trinajstić information content (AvgIpc) is 3.45. The van der Waals surface area contributed by atoms with Crippen LogP contribution in [0.3, 0.4) is 0 Å². The van der Waals surface area contributed by atoms with E-state index in [0.29, 0.717) is 6.42 Å². The number of rotatable bonds is 6. The Kier molecular flexibility index (Phi) is 8.01. The molecule has 6 nitrogen and oxygen atoms in total. The lowest BCUT2D eigenvalue weighted by molar-refractivity contribution is 0.184. The molecule has 2 aromatic heterocycles. The first-order chi connectivity index (χ1) is 26.1. The third-order valence-corrected chi connectivity index (χ3v) is 12.4. The van der Waals surface area contributed by atoms with Gasteiger partial charge in [-0.05, 0) is 81.2 Å². The van der Waals surface area contributed by atoms with E-state index in [2.05, 4.69) is 121 Å². The van der Waals surface area contributed by atoms with Gasteiger partial charge in [0.15, 0.2) is 0 Å². The van der Waals surface area contributed by atoms with Gasteiger partial charge < -0.3 is 16.8 Å². The van der Waals surface area contributed by atoms with Crippen molar-refractivity contribution in [2.75, 3.05) is 0 Å². The Hall–Kier alpha value is -5.48. The van der Waals surface area contributed by atoms with E-state index in [-0.39, 0.29) is 12.2 Å². The van der Waals surface area contributed by atoms with Crippen LogP contribution in [-0.2, 0) is 0 Å². The molecule has 0 aliphatic carbocycles. The van der Waals surface area contributed by atoms with Gasteiger partial charge in [-0.1, -0.05) is 121 Å². The lowest BCUT2D eigenvalue weighted by Crippen LogP contribution is -2.21. The topological polar surface area (TPSA) is 71.0 Å². The number of benzene rings is 8. The molecule has 0 bridgehead atoms. The van der Waals surface area contributed by atoms with E-state index >= 15 is 0 Å². The van der Waals surface area contributed by atoms with Gasteiger partial charge >= 0.3 is 16.5 Å². The van der Waals surface area contributed by atoms with Crippen LogP contribution in [0.1, 0.15) is 20.3 Å². The monoisotopic (exact) mass is 732 g/mol. The lowest BCUT2D eigenvalue weighted by atomic mass is 9.99. The minimum Gasteiger partial charge on any atom is -0.399 e. The summed E-state index contributed by atoms with van der Waals surface area (Å²) in [6, 6.07) is 50.0. The first-order valence-corrected chi connectivity index (χ1v) is 20.0. The molecule has 10 aromatic rings. The van der Waals surface area contributed by atoms with Gasteiger partial charge in [0.2, 0.25) is 0 Å². The fraction of sp³-hybridized carbons (Fsp3) is 0.111. The molecule has 0 aliphatic heterocycles. The third-order valence-electron chi connectivity index (χ3n) is 9.95. The average molecular weight is 733 g/mol. The predicted molar refractivity (Wildman–Crippen MR) is 219 cm³/mol. The molecule has 260 valence electrons. The number of hydrogen-bond acceptors (Lipinski definition) is 6. The van der Waals surface area contributed by atoms with Crippen molar-refractivity contribution in [1.82, 2.24) is 0 Å². The highest BCUT2D eigenvalue weighted by atomic mass is 31.1. The second kappa shape index (κ2) is 13.2. The van der Waals surface area contributed by atoms with Crippen molar-refractivity contribution in [1.29, 1.82) is 0 Å². The van der Waals surface area contributed by atoms with Crippen LogP contribution >= 0.6 is 16.5 Å². The SMILES string of the molecule is C[C@H](C[C@@H](C)Op1oc2ccc3ccccc3c2c2c(ccc3ccccc32)o1)Op1oc2ccc3ccccc3c2c2c(ccc3ccccc32)o1. The van der Waals surface area contributed by atoms with E-state index in [4.69, 9.17) is 25.8 Å². The molecule has 8 heteroatoms. The van der Waals surface area contributed by atoms with Crippen molar-refractivity contribution in [3.63, 3.8) is 0 Å². The second-order valence-corrected chi connectivity index (χ2v) is 15.6. The number of hydrogen-bond donors (Lipinski definition) is 0. The maximum absolute atomic E-state index is 6.60. The van der Waals surface area contributed by atoms with E-state index in [9.17, 15) is 0 Å². The Bertz CT molecular complexity index is 2710. The molecule has 2 heterocycles. The zero-order valence-electron chi connectivity index (χ0n) is 29.1. The molecule has 2 atom stereocenters. The highest BCUT2D eigenvalue weighted by Gasteiger charge is 2.20. The van der Waals surface area contributed by atoms with Crippen molar-refractivity contribution in [3.05, 3.63) is 146 Å². The Morgan fingerprint density at radius 2 is 0.642 bits per heavy atom. The summed E-state index contributed by atoms with van der Waals surface area (Å²) in [5.41, 5.74) is 2.95. The predicted octanol–water partition coefficient (Wildman–Crippen LogP) is 14.2. The zero-order chi connectivity index (χ0) is 35.5. The van der Waals surface area contributed by atoms with Crippen molar-refractivity contribution in [2.24, 2.45) is 0 Å². The van der Waals surface area contributed by atoms with Gasteiger partial charge in [0.25, 0.3) is 0 Å². The number of fused-ring (bicyclic) bond motifs is 14. The van der Waals surface area contributed by atoms with Crippen LogP contribution in [0.15, 0.2) is 162 Å². The smallest absolute Gasteiger partial charge is 0.387 e. The molecule has 0 N–H and O–H groups in total. The van der Waals surface area contributed by atoms with E-state index in [0.717, 1.165) is 87.0 Å². The molecule has 0 unspecified atom stereocenters. The molecule has 0 amide bonds. The molecule has 0 aliphatic rings. The summed E-state index contributed by atoms with van der Waals surface area (Å²) < 4.78 is 39.5. The summed E-state index contributed by atoms with van der Waals surface area (Å²) in [5.74, 6) is 0. The van der Waals surface area contributed by atoms with Gasteiger partial charge in [-0.2, -0.15) is 0 Å². The summed E-state index contributed by atoms with van der Waals surface area (Å²) in [7, 11) is -3.58. The molecule has 0 radical (unpaired) electrons. The van der Waals surface area contributed by atoms with Crippen LogP contribution in [-0.4, -0.2) is 12.2 Å². The van der Waals surface area contributed by atoms with Crippen LogP contribution in [0.25, 0.3) is 87.0 Å². The van der Waals surface area contributed by atoms with Gasteiger partial charge in [-0.15, -0.1) is 0 Å². The molecule has 53 heavy (non-hydrogen) atoms. The molecular weight excluding hydrogens is 698 g/mol. The summed E-state index contributed by atoms with van der Waals surface area (Å²) in [6.07, 6.45) is 0.0226. The minimum atomic E-state index is -1.79. The summed E-state index contributed by atoms with van der Waals surface area (Å²) >= 11 is 0. The Labute approximate surface area is 306 Å². The highest BCUT2D eigenvalue weighted by Crippen LogP contribution is 2.43. The molecular formula is C45H34O6P2. The standard InChI is InChI=1S/C45H34O6P2/c1-28(46-52-48-38-23-19-30-11-3-7-15-34(30)42(38)43-35-16-8-4-12-31(35)20-24-39(43)49-52)27-29(2)47-53-50-40-25-21-32-13-5-9-17-36(32)44(40)45-37-18-10-6-14-33(37)22-26-41(45)51-53/h3-26,28-29H,27H2,1-2H3/t28-,29-/m1/s1.